The van der Waals surface area contributed by atoms with Gasteiger partial charge in [-0.2, -0.15) is 0 Å². The number of nitro benzene ring substituents is 1. The summed E-state index contributed by atoms with van der Waals surface area (Å²) in [4.78, 5) is 22.7. The number of non-ortho nitro benzene ring substituents is 1. The molecule has 0 aliphatic heterocycles. The van der Waals surface area contributed by atoms with Crippen LogP contribution in [0.3, 0.4) is 0 Å². The summed E-state index contributed by atoms with van der Waals surface area (Å²) in [7, 11) is 0. The van der Waals surface area contributed by atoms with Crippen molar-refractivity contribution in [1.82, 2.24) is 10.6 Å². The first kappa shape index (κ1) is 23.7. The molecule has 0 spiro atoms. The highest BCUT2D eigenvalue weighted by atomic mass is 35.6. The van der Waals surface area contributed by atoms with Crippen LogP contribution in [0.4, 0.5) is 11.4 Å². The SMILES string of the molecule is O=C(NC(NC(=S)Nc1ccc([N+](=O)[O-])cc1)C(Cl)(Cl)Cl)c1ccc(Cl)cc1Cl. The van der Waals surface area contributed by atoms with Gasteiger partial charge in [0.15, 0.2) is 5.11 Å². The molecule has 0 aliphatic rings. The Morgan fingerprint density at radius 2 is 1.69 bits per heavy atom. The monoisotopic (exact) mass is 514 g/mol. The standard InChI is InChI=1S/C16H11Cl5N4O3S/c17-8-1-6-11(12(18)7-8)13(26)23-14(16(19,20)21)24-15(29)22-9-2-4-10(5-3-9)25(27)28/h1-7,14H,(H,23,26)(H2,22,24,29). The quantitative estimate of drug-likeness (QED) is 0.164. The van der Waals surface area contributed by atoms with E-state index in [0.29, 0.717) is 10.7 Å². The predicted octanol–water partition coefficient (Wildman–Crippen LogP) is 5.31. The van der Waals surface area contributed by atoms with Gasteiger partial charge in [0.05, 0.1) is 15.5 Å². The summed E-state index contributed by atoms with van der Waals surface area (Å²) >= 11 is 34.8. The van der Waals surface area contributed by atoms with Crippen molar-refractivity contribution < 1.29 is 9.72 Å². The number of nitrogens with one attached hydrogen (secondary N) is 3. The van der Waals surface area contributed by atoms with Crippen LogP contribution in [-0.2, 0) is 0 Å². The number of hydrogen-bond acceptors (Lipinski definition) is 4. The third-order valence-electron chi connectivity index (χ3n) is 3.39. The summed E-state index contributed by atoms with van der Waals surface area (Å²) < 4.78 is -1.98. The van der Waals surface area contributed by atoms with Crippen molar-refractivity contribution in [2.24, 2.45) is 0 Å². The molecule has 0 radical (unpaired) electrons. The summed E-state index contributed by atoms with van der Waals surface area (Å²) in [5.41, 5.74) is 0.482. The molecule has 0 bridgehead atoms. The fraction of sp³-hybridized carbons (Fsp3) is 0.125. The van der Waals surface area contributed by atoms with E-state index < -0.39 is 20.8 Å². The molecule has 2 aromatic carbocycles. The van der Waals surface area contributed by atoms with Crippen LogP contribution in [0.5, 0.6) is 0 Å². The summed E-state index contributed by atoms with van der Waals surface area (Å²) in [5.74, 6) is -0.631. The number of amides is 1. The molecular weight excluding hydrogens is 506 g/mol. The van der Waals surface area contributed by atoms with Gasteiger partial charge < -0.3 is 16.0 Å². The zero-order valence-electron chi connectivity index (χ0n) is 14.1. The zero-order chi connectivity index (χ0) is 21.8. The Hall–Kier alpha value is -1.55. The van der Waals surface area contributed by atoms with Crippen molar-refractivity contribution in [3.05, 3.63) is 68.2 Å². The van der Waals surface area contributed by atoms with E-state index in [1.165, 1.54) is 42.5 Å². The van der Waals surface area contributed by atoms with Gasteiger partial charge in [0.25, 0.3) is 11.6 Å². The molecule has 0 saturated heterocycles. The number of halogens is 5. The van der Waals surface area contributed by atoms with Crippen molar-refractivity contribution in [2.45, 2.75) is 9.96 Å². The summed E-state index contributed by atoms with van der Waals surface area (Å²) in [6.45, 7) is 0. The number of nitro groups is 1. The van der Waals surface area contributed by atoms with Crippen LogP contribution in [0.15, 0.2) is 42.5 Å². The van der Waals surface area contributed by atoms with Gasteiger partial charge in [0.1, 0.15) is 6.17 Å². The van der Waals surface area contributed by atoms with Gasteiger partial charge >= 0.3 is 0 Å². The lowest BCUT2D eigenvalue weighted by molar-refractivity contribution is -0.384. The molecule has 3 N–H and O–H groups in total. The van der Waals surface area contributed by atoms with E-state index in [2.05, 4.69) is 16.0 Å². The number of alkyl halides is 3. The topological polar surface area (TPSA) is 96.3 Å². The third-order valence-corrected chi connectivity index (χ3v) is 4.81. The molecule has 7 nitrogen and oxygen atoms in total. The summed E-state index contributed by atoms with van der Waals surface area (Å²) in [6, 6.07) is 9.79. The van der Waals surface area contributed by atoms with Gasteiger partial charge in [0, 0.05) is 22.8 Å². The number of benzene rings is 2. The van der Waals surface area contributed by atoms with Crippen molar-refractivity contribution in [3.8, 4) is 0 Å². The smallest absolute Gasteiger partial charge is 0.269 e. The third kappa shape index (κ3) is 7.02. The Bertz CT molecular complexity index is 937. The Morgan fingerprint density at radius 3 is 2.21 bits per heavy atom. The molecule has 1 amide bonds. The van der Waals surface area contributed by atoms with Crippen LogP contribution >= 0.6 is 70.2 Å². The second-order valence-electron chi connectivity index (χ2n) is 5.47. The average molecular weight is 517 g/mol. The van der Waals surface area contributed by atoms with Gasteiger partial charge in [-0.05, 0) is 42.5 Å². The minimum atomic E-state index is -1.98. The Morgan fingerprint density at radius 1 is 1.07 bits per heavy atom. The molecule has 1 atom stereocenters. The van der Waals surface area contributed by atoms with E-state index in [4.69, 9.17) is 70.2 Å². The van der Waals surface area contributed by atoms with Gasteiger partial charge in [-0.15, -0.1) is 0 Å². The molecule has 2 aromatic rings. The lowest BCUT2D eigenvalue weighted by Gasteiger charge is -2.28. The number of thiocarbonyl (C=S) groups is 1. The molecule has 154 valence electrons. The van der Waals surface area contributed by atoms with E-state index in [9.17, 15) is 14.9 Å². The second kappa shape index (κ2) is 9.97. The van der Waals surface area contributed by atoms with E-state index >= 15 is 0 Å². The minimum Gasteiger partial charge on any atom is -0.339 e. The Kier molecular flexibility index (Phi) is 8.16. The number of hydrogen-bond donors (Lipinski definition) is 3. The average Bonchev–Trinajstić information content (AvgIpc) is 2.60. The first-order valence-corrected chi connectivity index (χ1v) is 9.92. The minimum absolute atomic E-state index is 0.00215. The van der Waals surface area contributed by atoms with Gasteiger partial charge in [-0.25, -0.2) is 0 Å². The van der Waals surface area contributed by atoms with Gasteiger partial charge in [-0.1, -0.05) is 58.0 Å². The fourth-order valence-electron chi connectivity index (χ4n) is 2.05. The largest absolute Gasteiger partial charge is 0.339 e. The molecule has 0 saturated carbocycles. The van der Waals surface area contributed by atoms with Gasteiger partial charge in [0.2, 0.25) is 3.79 Å². The molecule has 0 aromatic heterocycles. The van der Waals surface area contributed by atoms with E-state index in [1.807, 2.05) is 0 Å². The maximum Gasteiger partial charge on any atom is 0.269 e. The lowest BCUT2D eigenvalue weighted by atomic mass is 10.2. The van der Waals surface area contributed by atoms with Crippen molar-refractivity contribution >= 4 is 92.6 Å². The maximum absolute atomic E-state index is 12.5. The van der Waals surface area contributed by atoms with E-state index in [0.717, 1.165) is 0 Å². The van der Waals surface area contributed by atoms with Crippen LogP contribution < -0.4 is 16.0 Å². The number of nitrogens with zero attached hydrogens (tertiary/aromatic N) is 1. The fourth-order valence-corrected chi connectivity index (χ4v) is 3.10. The lowest BCUT2D eigenvalue weighted by Crippen LogP contribution is -2.56. The molecule has 0 heterocycles. The molecule has 2 rings (SSSR count). The first-order chi connectivity index (χ1) is 13.5. The second-order valence-corrected chi connectivity index (χ2v) is 9.10. The highest BCUT2D eigenvalue weighted by Crippen LogP contribution is 2.30. The molecule has 29 heavy (non-hydrogen) atoms. The molecule has 0 fully saturated rings. The van der Waals surface area contributed by atoms with Crippen LogP contribution in [0, 0.1) is 10.1 Å². The number of rotatable bonds is 5. The van der Waals surface area contributed by atoms with Crippen LogP contribution in [0.1, 0.15) is 10.4 Å². The molecule has 1 unspecified atom stereocenters. The first-order valence-electron chi connectivity index (χ1n) is 7.62. The number of carbonyl (C=O) groups is 1. The van der Waals surface area contributed by atoms with Crippen molar-refractivity contribution in [1.29, 1.82) is 0 Å². The normalized spacial score (nSPS) is 12.0. The van der Waals surface area contributed by atoms with Gasteiger partial charge in [-0.3, -0.25) is 14.9 Å². The highest BCUT2D eigenvalue weighted by molar-refractivity contribution is 7.80. The zero-order valence-corrected chi connectivity index (χ0v) is 18.7. The van der Waals surface area contributed by atoms with E-state index in [-0.39, 0.29) is 21.4 Å². The Labute approximate surface area is 195 Å². The van der Waals surface area contributed by atoms with E-state index in [1.54, 1.807) is 0 Å². The number of anilines is 1. The number of carbonyl (C=O) groups excluding carboxylic acids is 1. The van der Waals surface area contributed by atoms with Crippen LogP contribution in [0.25, 0.3) is 0 Å². The molecule has 13 heteroatoms. The van der Waals surface area contributed by atoms with Crippen LogP contribution in [0.2, 0.25) is 10.0 Å². The predicted molar refractivity (Wildman–Crippen MR) is 120 cm³/mol. The highest BCUT2D eigenvalue weighted by Gasteiger charge is 2.35. The molecular formula is C16H11Cl5N4O3S. The van der Waals surface area contributed by atoms with Crippen LogP contribution in [-0.4, -0.2) is 25.9 Å². The molecule has 0 aliphatic carbocycles. The maximum atomic E-state index is 12.5. The summed E-state index contributed by atoms with van der Waals surface area (Å²) in [6.07, 6.45) is -1.23. The summed E-state index contributed by atoms with van der Waals surface area (Å²) in [5, 5.41) is 19.1. The van der Waals surface area contributed by atoms with Crippen molar-refractivity contribution in [2.75, 3.05) is 5.32 Å². The van der Waals surface area contributed by atoms with Crippen molar-refractivity contribution in [3.63, 3.8) is 0 Å². The Balaban J connectivity index is 2.09.